The highest BCUT2D eigenvalue weighted by molar-refractivity contribution is 5.89. The van der Waals surface area contributed by atoms with Gasteiger partial charge in [-0.25, -0.2) is 4.79 Å². The van der Waals surface area contributed by atoms with Crippen LogP contribution in [0.25, 0.3) is 0 Å². The third-order valence-electron chi connectivity index (χ3n) is 5.31. The number of carbonyl (C=O) groups is 1. The van der Waals surface area contributed by atoms with Gasteiger partial charge >= 0.3 is 5.97 Å². The van der Waals surface area contributed by atoms with Crippen LogP contribution in [0.15, 0.2) is 24.3 Å². The van der Waals surface area contributed by atoms with Gasteiger partial charge in [-0.2, -0.15) is 0 Å². The van der Waals surface area contributed by atoms with Crippen molar-refractivity contribution in [3.05, 3.63) is 29.8 Å². The molecule has 138 valence electrons. The van der Waals surface area contributed by atoms with E-state index in [9.17, 15) is 9.90 Å². The number of esters is 1. The minimum atomic E-state index is -0.481. The van der Waals surface area contributed by atoms with Crippen LogP contribution in [0.3, 0.4) is 0 Å². The standard InChI is InChI=1S/C19H27NO5/c1-23-7-6-20-11-14-9-17(21)18(10-15(14)12-20)25-16-5-3-4-13(8-16)19(22)24-2/h3-5,8,14-15,17-18,21H,6-7,9-12H2,1-2H3/t14-,15+,17+,18+/m0/s1. The number of aliphatic hydroxyl groups excluding tert-OH is 1. The number of fused-ring (bicyclic) bond motifs is 1. The van der Waals surface area contributed by atoms with Gasteiger partial charge in [0.2, 0.25) is 0 Å². The lowest BCUT2D eigenvalue weighted by Crippen LogP contribution is -2.42. The van der Waals surface area contributed by atoms with Gasteiger partial charge in [0.15, 0.2) is 0 Å². The summed E-state index contributed by atoms with van der Waals surface area (Å²) in [5.74, 6) is 1.26. The van der Waals surface area contributed by atoms with Crippen molar-refractivity contribution >= 4 is 5.97 Å². The van der Waals surface area contributed by atoms with E-state index in [2.05, 4.69) is 4.90 Å². The fourth-order valence-electron chi connectivity index (χ4n) is 4.01. The molecule has 6 nitrogen and oxygen atoms in total. The number of benzene rings is 1. The number of nitrogens with zero attached hydrogens (tertiary/aromatic N) is 1. The van der Waals surface area contributed by atoms with E-state index in [-0.39, 0.29) is 12.1 Å². The zero-order chi connectivity index (χ0) is 17.8. The Bertz CT molecular complexity index is 593. The Morgan fingerprint density at radius 3 is 2.72 bits per heavy atom. The van der Waals surface area contributed by atoms with E-state index in [4.69, 9.17) is 14.2 Å². The molecule has 2 aliphatic rings. The Balaban J connectivity index is 1.61. The lowest BCUT2D eigenvalue weighted by Gasteiger charge is -2.35. The predicted octanol–water partition coefficient (Wildman–Crippen LogP) is 1.57. The molecular weight excluding hydrogens is 322 g/mol. The van der Waals surface area contributed by atoms with Gasteiger partial charge in [-0.15, -0.1) is 0 Å². The zero-order valence-corrected chi connectivity index (χ0v) is 14.9. The Hall–Kier alpha value is -1.63. The van der Waals surface area contributed by atoms with Gasteiger partial charge in [-0.05, 0) is 42.9 Å². The van der Waals surface area contributed by atoms with Crippen molar-refractivity contribution in [2.75, 3.05) is 40.5 Å². The summed E-state index contributed by atoms with van der Waals surface area (Å²) in [7, 11) is 3.08. The first-order chi connectivity index (χ1) is 12.1. The number of carbonyl (C=O) groups excluding carboxylic acids is 1. The van der Waals surface area contributed by atoms with Crippen LogP contribution in [0.2, 0.25) is 0 Å². The molecule has 1 aromatic carbocycles. The van der Waals surface area contributed by atoms with Crippen molar-refractivity contribution in [2.24, 2.45) is 11.8 Å². The number of likely N-dealkylation sites (tertiary alicyclic amines) is 1. The molecule has 1 N–H and O–H groups in total. The summed E-state index contributed by atoms with van der Waals surface area (Å²) < 4.78 is 15.9. The molecule has 25 heavy (non-hydrogen) atoms. The maximum atomic E-state index is 11.7. The molecule has 0 radical (unpaired) electrons. The number of hydrogen-bond acceptors (Lipinski definition) is 6. The van der Waals surface area contributed by atoms with Crippen molar-refractivity contribution in [3.63, 3.8) is 0 Å². The molecule has 6 heteroatoms. The molecule has 0 unspecified atom stereocenters. The van der Waals surface area contributed by atoms with Crippen LogP contribution in [0.4, 0.5) is 0 Å². The third kappa shape index (κ3) is 4.32. The summed E-state index contributed by atoms with van der Waals surface area (Å²) in [6.07, 6.45) is 0.870. The highest BCUT2D eigenvalue weighted by atomic mass is 16.5. The SMILES string of the molecule is COCCN1C[C@H]2C[C@@H](Oc3cccc(C(=O)OC)c3)[C@H](O)C[C@H]2C1. The van der Waals surface area contributed by atoms with Crippen molar-refractivity contribution in [2.45, 2.75) is 25.0 Å². The van der Waals surface area contributed by atoms with Crippen LogP contribution in [0, 0.1) is 11.8 Å². The summed E-state index contributed by atoms with van der Waals surface area (Å²) in [6.45, 7) is 3.73. The van der Waals surface area contributed by atoms with Gasteiger partial charge in [0.25, 0.3) is 0 Å². The molecule has 1 saturated heterocycles. The first-order valence-electron chi connectivity index (χ1n) is 8.85. The van der Waals surface area contributed by atoms with Gasteiger partial charge in [0, 0.05) is 26.7 Å². The molecule has 0 bridgehead atoms. The van der Waals surface area contributed by atoms with Crippen LogP contribution < -0.4 is 4.74 Å². The summed E-state index contributed by atoms with van der Waals surface area (Å²) in [4.78, 5) is 14.1. The highest BCUT2D eigenvalue weighted by Crippen LogP contribution is 2.38. The summed E-state index contributed by atoms with van der Waals surface area (Å²) in [5, 5.41) is 10.5. The van der Waals surface area contributed by atoms with Crippen molar-refractivity contribution < 1.29 is 24.1 Å². The molecule has 1 aliphatic heterocycles. The fraction of sp³-hybridized carbons (Fsp3) is 0.632. The molecule has 0 spiro atoms. The molecule has 1 saturated carbocycles. The second-order valence-electron chi connectivity index (χ2n) is 6.99. The minimum absolute atomic E-state index is 0.239. The van der Waals surface area contributed by atoms with E-state index in [1.807, 2.05) is 6.07 Å². The molecule has 1 aliphatic carbocycles. The van der Waals surface area contributed by atoms with Crippen molar-refractivity contribution in [3.8, 4) is 5.75 Å². The van der Waals surface area contributed by atoms with Crippen LogP contribution in [0.5, 0.6) is 5.75 Å². The van der Waals surface area contributed by atoms with E-state index in [1.54, 1.807) is 25.3 Å². The van der Waals surface area contributed by atoms with Crippen molar-refractivity contribution in [1.29, 1.82) is 0 Å². The minimum Gasteiger partial charge on any atom is -0.488 e. The molecule has 2 fully saturated rings. The summed E-state index contributed by atoms with van der Waals surface area (Å²) in [5.41, 5.74) is 0.454. The van der Waals surface area contributed by atoms with Crippen LogP contribution in [0.1, 0.15) is 23.2 Å². The van der Waals surface area contributed by atoms with Gasteiger partial charge < -0.3 is 24.2 Å². The number of methoxy groups -OCH3 is 2. The molecule has 1 aromatic rings. The third-order valence-corrected chi connectivity index (χ3v) is 5.31. The van der Waals surface area contributed by atoms with Crippen LogP contribution >= 0.6 is 0 Å². The topological polar surface area (TPSA) is 68.2 Å². The molecule has 0 aromatic heterocycles. The number of rotatable bonds is 6. The monoisotopic (exact) mass is 349 g/mol. The quantitative estimate of drug-likeness (QED) is 0.787. The average Bonchev–Trinajstić information content (AvgIpc) is 3.01. The molecule has 4 atom stereocenters. The van der Waals surface area contributed by atoms with E-state index < -0.39 is 6.10 Å². The van der Waals surface area contributed by atoms with Crippen molar-refractivity contribution in [1.82, 2.24) is 4.90 Å². The Kier molecular flexibility index (Phi) is 5.93. The lowest BCUT2D eigenvalue weighted by atomic mass is 9.78. The largest absolute Gasteiger partial charge is 0.488 e. The van der Waals surface area contributed by atoms with E-state index >= 15 is 0 Å². The predicted molar refractivity (Wildman–Crippen MR) is 92.7 cm³/mol. The second kappa shape index (κ2) is 8.17. The molecule has 1 heterocycles. The zero-order valence-electron chi connectivity index (χ0n) is 14.9. The first-order valence-corrected chi connectivity index (χ1v) is 8.85. The Labute approximate surface area is 148 Å². The Morgan fingerprint density at radius 2 is 2.00 bits per heavy atom. The number of aliphatic hydroxyl groups is 1. The normalized spacial score (nSPS) is 29.2. The number of hydrogen-bond donors (Lipinski definition) is 1. The smallest absolute Gasteiger partial charge is 0.337 e. The van der Waals surface area contributed by atoms with Gasteiger partial charge in [0.05, 0.1) is 25.4 Å². The summed E-state index contributed by atoms with van der Waals surface area (Å²) >= 11 is 0. The second-order valence-corrected chi connectivity index (χ2v) is 6.99. The summed E-state index contributed by atoms with van der Waals surface area (Å²) in [6, 6.07) is 6.94. The van der Waals surface area contributed by atoms with E-state index in [0.29, 0.717) is 23.1 Å². The molecule has 0 amide bonds. The van der Waals surface area contributed by atoms with Gasteiger partial charge in [-0.3, -0.25) is 0 Å². The van der Waals surface area contributed by atoms with E-state index in [0.717, 1.165) is 39.1 Å². The molecular formula is C19H27NO5. The first kappa shape index (κ1) is 18.2. The maximum absolute atomic E-state index is 11.7. The average molecular weight is 349 g/mol. The highest BCUT2D eigenvalue weighted by Gasteiger charge is 2.42. The van der Waals surface area contributed by atoms with Crippen LogP contribution in [-0.4, -0.2) is 68.6 Å². The molecule has 3 rings (SSSR count). The van der Waals surface area contributed by atoms with E-state index in [1.165, 1.54) is 7.11 Å². The van der Waals surface area contributed by atoms with Gasteiger partial charge in [0.1, 0.15) is 11.9 Å². The Morgan fingerprint density at radius 1 is 1.24 bits per heavy atom. The fourth-order valence-corrected chi connectivity index (χ4v) is 4.01. The maximum Gasteiger partial charge on any atom is 0.337 e. The van der Waals surface area contributed by atoms with Gasteiger partial charge in [-0.1, -0.05) is 6.07 Å². The van der Waals surface area contributed by atoms with Crippen LogP contribution in [-0.2, 0) is 9.47 Å². The lowest BCUT2D eigenvalue weighted by molar-refractivity contribution is -0.0231. The number of ether oxygens (including phenoxy) is 3.